The van der Waals surface area contributed by atoms with Gasteiger partial charge in [0, 0.05) is 0 Å². The number of hydrogen-bond acceptors (Lipinski definition) is 2. The van der Waals surface area contributed by atoms with Crippen molar-refractivity contribution in [3.63, 3.8) is 0 Å². The molecule has 0 aromatic rings. The molecule has 0 aliphatic carbocycles. The van der Waals surface area contributed by atoms with Crippen LogP contribution in [0.25, 0.3) is 0 Å². The van der Waals surface area contributed by atoms with Gasteiger partial charge in [0.05, 0.1) is 0 Å². The van der Waals surface area contributed by atoms with Crippen molar-refractivity contribution in [1.29, 1.82) is 0 Å². The van der Waals surface area contributed by atoms with Crippen molar-refractivity contribution in [3.05, 3.63) is 0 Å². The second kappa shape index (κ2) is 29.2. The summed E-state index contributed by atoms with van der Waals surface area (Å²) in [7, 11) is 0. The number of unbranched alkanes of at least 4 members (excludes halogenated alkanes) is 11. The van der Waals surface area contributed by atoms with Crippen molar-refractivity contribution in [2.75, 3.05) is 19.7 Å². The van der Waals surface area contributed by atoms with Crippen LogP contribution in [0.1, 0.15) is 130 Å². The molecular formula is C24H51Cl2NOTi. The van der Waals surface area contributed by atoms with Crippen molar-refractivity contribution in [2.45, 2.75) is 130 Å². The zero-order chi connectivity index (χ0) is 20.0. The molecular weight excluding hydrogens is 437 g/mol. The van der Waals surface area contributed by atoms with Crippen LogP contribution >= 0.6 is 0 Å². The molecule has 0 N–H and O–H groups in total. The number of hydrogen-bond donors (Lipinski definition) is 0. The molecule has 29 heavy (non-hydrogen) atoms. The molecule has 0 rings (SSSR count). The van der Waals surface area contributed by atoms with Gasteiger partial charge in [-0.3, -0.25) is 0 Å². The molecule has 2 nitrogen and oxygen atoms in total. The van der Waals surface area contributed by atoms with E-state index in [4.69, 9.17) is 3.32 Å². The first kappa shape index (κ1) is 34.8. The Balaban J connectivity index is -0.00000338. The molecule has 0 amide bonds. The van der Waals surface area contributed by atoms with E-state index in [0.29, 0.717) is 0 Å². The number of rotatable bonds is 22. The Kier molecular flexibility index (Phi) is 35.1. The van der Waals surface area contributed by atoms with Crippen LogP contribution in [0.15, 0.2) is 0 Å². The molecule has 5 heteroatoms. The molecule has 0 aliphatic rings. The van der Waals surface area contributed by atoms with E-state index in [1.807, 2.05) is 0 Å². The SMILES string of the molecule is CCCCCCCC[N](CCCCCCCC)[Ti+2][O]CC(CC)CCCC.[Cl-].[Cl-]. The summed E-state index contributed by atoms with van der Waals surface area (Å²) in [6.07, 6.45) is 22.1. The first-order valence-electron chi connectivity index (χ1n) is 12.4. The van der Waals surface area contributed by atoms with Gasteiger partial charge < -0.3 is 24.8 Å². The van der Waals surface area contributed by atoms with Gasteiger partial charge in [-0.1, -0.05) is 0 Å². The summed E-state index contributed by atoms with van der Waals surface area (Å²) in [5.74, 6) is 0.790. The van der Waals surface area contributed by atoms with Crippen LogP contribution in [0.5, 0.6) is 0 Å². The van der Waals surface area contributed by atoms with E-state index in [0.717, 1.165) is 12.5 Å². The third-order valence-corrected chi connectivity index (χ3v) is 7.18. The van der Waals surface area contributed by atoms with Gasteiger partial charge in [-0.25, -0.2) is 0 Å². The zero-order valence-electron chi connectivity index (χ0n) is 20.1. The average molecular weight is 488 g/mol. The Morgan fingerprint density at radius 2 is 1.07 bits per heavy atom. The van der Waals surface area contributed by atoms with Gasteiger partial charge in [-0.2, -0.15) is 0 Å². The van der Waals surface area contributed by atoms with Crippen molar-refractivity contribution < 1.29 is 47.9 Å². The fourth-order valence-corrected chi connectivity index (χ4v) is 5.06. The molecule has 0 fully saturated rings. The minimum Gasteiger partial charge on any atom is -1.00 e. The van der Waals surface area contributed by atoms with Gasteiger partial charge in [0.1, 0.15) is 0 Å². The summed E-state index contributed by atoms with van der Waals surface area (Å²) in [5, 5.41) is 0. The molecule has 0 saturated heterocycles. The Morgan fingerprint density at radius 3 is 1.52 bits per heavy atom. The van der Waals surface area contributed by atoms with Gasteiger partial charge >= 0.3 is 183 Å². The molecule has 0 aromatic heterocycles. The van der Waals surface area contributed by atoms with E-state index in [2.05, 4.69) is 31.1 Å². The van der Waals surface area contributed by atoms with Gasteiger partial charge in [0.25, 0.3) is 0 Å². The minimum atomic E-state index is -0.369. The maximum atomic E-state index is 6.29. The quantitative estimate of drug-likeness (QED) is 0.171. The molecule has 1 unspecified atom stereocenters. The smallest absolute Gasteiger partial charge is 1.00 e. The molecule has 0 bridgehead atoms. The Morgan fingerprint density at radius 1 is 0.621 bits per heavy atom. The fraction of sp³-hybridized carbons (Fsp3) is 1.00. The predicted molar refractivity (Wildman–Crippen MR) is 118 cm³/mol. The van der Waals surface area contributed by atoms with Crippen molar-refractivity contribution in [2.24, 2.45) is 5.92 Å². The zero-order valence-corrected chi connectivity index (χ0v) is 23.2. The molecule has 0 saturated carbocycles. The Bertz CT molecular complexity index is 270. The van der Waals surface area contributed by atoms with E-state index in [1.54, 1.807) is 0 Å². The van der Waals surface area contributed by atoms with E-state index in [1.165, 1.54) is 116 Å². The number of nitrogens with zero attached hydrogens (tertiary/aromatic N) is 1. The van der Waals surface area contributed by atoms with Gasteiger partial charge in [-0.05, 0) is 0 Å². The topological polar surface area (TPSA) is 12.5 Å². The fourth-order valence-electron chi connectivity index (χ4n) is 3.51. The summed E-state index contributed by atoms with van der Waals surface area (Å²) in [6, 6.07) is 0. The second-order valence-electron chi connectivity index (χ2n) is 8.34. The summed E-state index contributed by atoms with van der Waals surface area (Å²) in [5.41, 5.74) is 0. The standard InChI is InChI=1S/C16H34N.C8H17O.2ClH.Ti/c1-3-5-7-9-11-13-15-17-16-14-12-10-8-6-4-2;1-3-5-6-8(4-2)7-9;;;/h3-16H2,1-2H3;8H,3-7H2,1-2H3;2*1H;/q2*-1;;;+4/p-2. The van der Waals surface area contributed by atoms with Crippen molar-refractivity contribution in [1.82, 2.24) is 3.38 Å². The number of halogens is 2. The molecule has 0 spiro atoms. The summed E-state index contributed by atoms with van der Waals surface area (Å²) < 4.78 is 9.00. The van der Waals surface area contributed by atoms with Gasteiger partial charge in [0.2, 0.25) is 0 Å². The van der Waals surface area contributed by atoms with Gasteiger partial charge in [0.15, 0.2) is 0 Å². The second-order valence-corrected chi connectivity index (χ2v) is 10.1. The van der Waals surface area contributed by atoms with E-state index in [-0.39, 0.29) is 44.6 Å². The maximum absolute atomic E-state index is 6.29. The maximum Gasteiger partial charge on any atom is -1.00 e. The first-order valence-corrected chi connectivity index (χ1v) is 13.7. The molecule has 176 valence electrons. The molecule has 0 heterocycles. The van der Waals surface area contributed by atoms with E-state index >= 15 is 0 Å². The van der Waals surface area contributed by atoms with Crippen LogP contribution in [-0.2, 0) is 23.1 Å². The summed E-state index contributed by atoms with van der Waals surface area (Å²) >= 11 is -0.369. The Labute approximate surface area is 206 Å². The molecule has 1 atom stereocenters. The summed E-state index contributed by atoms with van der Waals surface area (Å²) in [4.78, 5) is 0. The third-order valence-electron chi connectivity index (χ3n) is 5.62. The van der Waals surface area contributed by atoms with Crippen LogP contribution in [0, 0.1) is 5.92 Å². The van der Waals surface area contributed by atoms with Crippen LogP contribution in [0.3, 0.4) is 0 Å². The third kappa shape index (κ3) is 25.4. The molecule has 0 radical (unpaired) electrons. The average Bonchev–Trinajstić information content (AvgIpc) is 2.69. The van der Waals surface area contributed by atoms with Crippen molar-refractivity contribution in [3.8, 4) is 0 Å². The first-order chi connectivity index (χ1) is 13.3. The van der Waals surface area contributed by atoms with Crippen LogP contribution < -0.4 is 24.8 Å². The molecule has 0 aromatic carbocycles. The largest absolute Gasteiger partial charge is 1.00 e. The summed E-state index contributed by atoms with van der Waals surface area (Å²) in [6.45, 7) is 12.8. The van der Waals surface area contributed by atoms with Crippen LogP contribution in [-0.4, -0.2) is 23.1 Å². The Hall–Kier alpha value is 1.21. The van der Waals surface area contributed by atoms with E-state index in [9.17, 15) is 0 Å². The predicted octanol–water partition coefficient (Wildman–Crippen LogP) is 2.16. The van der Waals surface area contributed by atoms with Crippen LogP contribution in [0.2, 0.25) is 0 Å². The van der Waals surface area contributed by atoms with E-state index < -0.39 is 0 Å². The van der Waals surface area contributed by atoms with Gasteiger partial charge in [-0.15, -0.1) is 0 Å². The monoisotopic (exact) mass is 487 g/mol. The normalized spacial score (nSPS) is 11.6. The van der Waals surface area contributed by atoms with Crippen LogP contribution in [0.4, 0.5) is 0 Å². The molecule has 0 aliphatic heterocycles. The van der Waals surface area contributed by atoms with Crippen molar-refractivity contribution >= 4 is 0 Å². The minimum absolute atomic E-state index is 0.